The molecule has 1 aromatic carbocycles. The number of nitrogens with zero attached hydrogens (tertiary/aromatic N) is 1. The Morgan fingerprint density at radius 2 is 1.96 bits per heavy atom. The van der Waals surface area contributed by atoms with Crippen molar-refractivity contribution in [3.05, 3.63) is 50.9 Å². The second-order valence-corrected chi connectivity index (χ2v) is 5.70. The summed E-state index contributed by atoms with van der Waals surface area (Å²) in [6.45, 7) is 1.44. The van der Waals surface area contributed by atoms with Gasteiger partial charge in [0.25, 0.3) is 5.56 Å². The number of rotatable bonds is 3. The first-order valence-electron chi connectivity index (χ1n) is 6.16. The minimum absolute atomic E-state index is 0.206. The quantitative estimate of drug-likeness (QED) is 0.654. The zero-order valence-corrected chi connectivity index (χ0v) is 12.7. The van der Waals surface area contributed by atoms with Gasteiger partial charge in [0.1, 0.15) is 5.56 Å². The second kappa shape index (κ2) is 5.78. The van der Waals surface area contributed by atoms with Gasteiger partial charge >= 0.3 is 6.18 Å². The highest BCUT2D eigenvalue weighted by Gasteiger charge is 2.33. The number of aromatic nitrogens is 2. The van der Waals surface area contributed by atoms with E-state index in [4.69, 9.17) is 0 Å². The normalized spacial score (nSPS) is 13.1. The number of aromatic amines is 1. The van der Waals surface area contributed by atoms with Crippen LogP contribution in [0, 0.1) is 6.92 Å². The molecule has 2 rings (SSSR count). The highest BCUT2D eigenvalue weighted by atomic mass is 32.2. The molecule has 6 nitrogen and oxygen atoms in total. The molecule has 2 N–H and O–H groups in total. The fourth-order valence-electron chi connectivity index (χ4n) is 2.12. The van der Waals surface area contributed by atoms with Gasteiger partial charge < -0.3 is 4.55 Å². The number of alkyl halides is 3. The van der Waals surface area contributed by atoms with E-state index < -0.39 is 44.6 Å². The van der Waals surface area contributed by atoms with Crippen LogP contribution in [0.25, 0.3) is 0 Å². The molecule has 1 heterocycles. The molecule has 0 bridgehead atoms. The van der Waals surface area contributed by atoms with Crippen LogP contribution >= 0.6 is 0 Å². The van der Waals surface area contributed by atoms with Crippen LogP contribution in [0.2, 0.25) is 0 Å². The lowest BCUT2D eigenvalue weighted by atomic mass is 10.0. The van der Waals surface area contributed by atoms with E-state index in [1.165, 1.54) is 14.0 Å². The maximum absolute atomic E-state index is 12.7. The Balaban J connectivity index is 2.66. The standard InChI is InChI=1S/C13H11F3N2O4S/c1-6-10(12(20)18(2)17-6)11(19)8-4-3-7(13(14,15)16)5-9(8)23(21)22/h3-5,17H,1-2H3,(H,21,22). The molecule has 0 fully saturated rings. The molecule has 2 aromatic rings. The van der Waals surface area contributed by atoms with Gasteiger partial charge in [-0.2, -0.15) is 13.2 Å². The molecule has 0 saturated carbocycles. The summed E-state index contributed by atoms with van der Waals surface area (Å²) in [5.74, 6) is -0.921. The number of aryl methyl sites for hydroxylation is 2. The number of H-pyrrole nitrogens is 1. The van der Waals surface area contributed by atoms with Crippen molar-refractivity contribution in [2.75, 3.05) is 0 Å². The third kappa shape index (κ3) is 3.13. The molecular weight excluding hydrogens is 337 g/mol. The average molecular weight is 348 g/mol. The Bertz CT molecular complexity index is 867. The van der Waals surface area contributed by atoms with Crippen LogP contribution < -0.4 is 5.56 Å². The van der Waals surface area contributed by atoms with Crippen molar-refractivity contribution in [2.24, 2.45) is 7.05 Å². The maximum Gasteiger partial charge on any atom is 0.416 e. The Hall–Kier alpha value is -2.20. The van der Waals surface area contributed by atoms with E-state index in [-0.39, 0.29) is 11.3 Å². The molecule has 0 aliphatic rings. The zero-order chi connectivity index (χ0) is 17.5. The summed E-state index contributed by atoms with van der Waals surface area (Å²) >= 11 is -2.83. The number of benzene rings is 1. The van der Waals surface area contributed by atoms with E-state index >= 15 is 0 Å². The van der Waals surface area contributed by atoms with Gasteiger partial charge in [0, 0.05) is 18.3 Å². The van der Waals surface area contributed by atoms with Gasteiger partial charge in [-0.1, -0.05) is 0 Å². The molecule has 0 aliphatic heterocycles. The number of hydrogen-bond donors (Lipinski definition) is 2. The van der Waals surface area contributed by atoms with Crippen LogP contribution in [0.15, 0.2) is 27.9 Å². The molecule has 1 atom stereocenters. The molecule has 1 unspecified atom stereocenters. The van der Waals surface area contributed by atoms with Crippen molar-refractivity contribution in [2.45, 2.75) is 18.0 Å². The summed E-state index contributed by atoms with van der Waals surface area (Å²) in [7, 11) is 1.37. The Morgan fingerprint density at radius 3 is 2.39 bits per heavy atom. The van der Waals surface area contributed by atoms with Gasteiger partial charge in [-0.3, -0.25) is 19.4 Å². The first-order chi connectivity index (χ1) is 10.5. The number of ketones is 1. The average Bonchev–Trinajstić information content (AvgIpc) is 2.69. The summed E-state index contributed by atoms with van der Waals surface area (Å²) < 4.78 is 59.6. The number of carbonyl (C=O) groups excluding carboxylic acids is 1. The highest BCUT2D eigenvalue weighted by molar-refractivity contribution is 7.79. The van der Waals surface area contributed by atoms with Crippen LogP contribution in [0.5, 0.6) is 0 Å². The topological polar surface area (TPSA) is 92.2 Å². The van der Waals surface area contributed by atoms with Crippen molar-refractivity contribution in [1.29, 1.82) is 0 Å². The molecule has 0 saturated heterocycles. The van der Waals surface area contributed by atoms with E-state index in [0.29, 0.717) is 12.1 Å². The molecule has 23 heavy (non-hydrogen) atoms. The minimum Gasteiger partial charge on any atom is -0.302 e. The number of carbonyl (C=O) groups is 1. The lowest BCUT2D eigenvalue weighted by Crippen LogP contribution is -2.21. The Morgan fingerprint density at radius 1 is 1.35 bits per heavy atom. The van der Waals surface area contributed by atoms with Crippen molar-refractivity contribution >= 4 is 16.9 Å². The second-order valence-electron chi connectivity index (χ2n) is 4.76. The zero-order valence-electron chi connectivity index (χ0n) is 11.9. The first-order valence-corrected chi connectivity index (χ1v) is 7.27. The third-order valence-electron chi connectivity index (χ3n) is 3.20. The van der Waals surface area contributed by atoms with Gasteiger partial charge in [0.2, 0.25) is 5.78 Å². The molecule has 0 radical (unpaired) electrons. The van der Waals surface area contributed by atoms with E-state index in [9.17, 15) is 31.5 Å². The Labute approximate surface area is 130 Å². The SMILES string of the molecule is Cc1[nH]n(C)c(=O)c1C(=O)c1ccc(C(F)(F)F)cc1S(=O)O. The summed E-state index contributed by atoms with van der Waals surface area (Å²) in [5, 5.41) is 2.58. The van der Waals surface area contributed by atoms with Crippen LogP contribution in [-0.4, -0.2) is 24.3 Å². The fraction of sp³-hybridized carbons (Fsp3) is 0.231. The van der Waals surface area contributed by atoms with E-state index in [0.717, 1.165) is 10.7 Å². The van der Waals surface area contributed by atoms with Gasteiger partial charge in [-0.25, -0.2) is 4.21 Å². The lowest BCUT2D eigenvalue weighted by molar-refractivity contribution is -0.137. The molecule has 124 valence electrons. The number of halogens is 3. The highest BCUT2D eigenvalue weighted by Crippen LogP contribution is 2.31. The van der Waals surface area contributed by atoms with Gasteiger partial charge in [-0.15, -0.1) is 0 Å². The summed E-state index contributed by atoms with van der Waals surface area (Å²) in [6.07, 6.45) is -4.73. The van der Waals surface area contributed by atoms with Gasteiger partial charge in [0.15, 0.2) is 11.1 Å². The number of hydrogen-bond acceptors (Lipinski definition) is 3. The third-order valence-corrected chi connectivity index (χ3v) is 3.91. The monoisotopic (exact) mass is 348 g/mol. The van der Waals surface area contributed by atoms with Crippen molar-refractivity contribution < 1.29 is 26.7 Å². The van der Waals surface area contributed by atoms with Crippen molar-refractivity contribution in [3.63, 3.8) is 0 Å². The van der Waals surface area contributed by atoms with Crippen LogP contribution in [0.4, 0.5) is 13.2 Å². The summed E-state index contributed by atoms with van der Waals surface area (Å²) in [6, 6.07) is 1.84. The first kappa shape index (κ1) is 17.2. The van der Waals surface area contributed by atoms with Crippen LogP contribution in [0.1, 0.15) is 27.2 Å². The molecule has 0 aliphatic carbocycles. The summed E-state index contributed by atoms with van der Waals surface area (Å²) in [5.41, 5.74) is -2.36. The molecule has 0 amide bonds. The van der Waals surface area contributed by atoms with Crippen LogP contribution in [-0.2, 0) is 24.3 Å². The van der Waals surface area contributed by atoms with E-state index in [1.54, 1.807) is 0 Å². The number of nitrogens with one attached hydrogen (secondary N) is 1. The largest absolute Gasteiger partial charge is 0.416 e. The lowest BCUT2D eigenvalue weighted by Gasteiger charge is -2.10. The minimum atomic E-state index is -4.73. The predicted molar refractivity (Wildman–Crippen MR) is 74.7 cm³/mol. The van der Waals surface area contributed by atoms with Crippen LogP contribution in [0.3, 0.4) is 0 Å². The maximum atomic E-state index is 12.7. The van der Waals surface area contributed by atoms with Crippen molar-refractivity contribution in [1.82, 2.24) is 9.78 Å². The molecule has 10 heteroatoms. The smallest absolute Gasteiger partial charge is 0.302 e. The van der Waals surface area contributed by atoms with Crippen molar-refractivity contribution in [3.8, 4) is 0 Å². The predicted octanol–water partition coefficient (Wildman–Crippen LogP) is 1.85. The summed E-state index contributed by atoms with van der Waals surface area (Å²) in [4.78, 5) is 23.6. The van der Waals surface area contributed by atoms with E-state index in [1.807, 2.05) is 0 Å². The fourth-order valence-corrected chi connectivity index (χ4v) is 2.70. The molecule has 0 spiro atoms. The molecule has 1 aromatic heterocycles. The van der Waals surface area contributed by atoms with Gasteiger partial charge in [-0.05, 0) is 25.1 Å². The van der Waals surface area contributed by atoms with Gasteiger partial charge in [0.05, 0.1) is 10.5 Å². The Kier molecular flexibility index (Phi) is 4.31. The van der Waals surface area contributed by atoms with E-state index in [2.05, 4.69) is 5.10 Å². The molecular formula is C13H11F3N2O4S.